The van der Waals surface area contributed by atoms with E-state index in [9.17, 15) is 0 Å². The predicted octanol–water partition coefficient (Wildman–Crippen LogP) is 13.1. The van der Waals surface area contributed by atoms with Crippen LogP contribution >= 0.6 is 0 Å². The van der Waals surface area contributed by atoms with Crippen molar-refractivity contribution in [2.45, 2.75) is 172 Å². The molecule has 0 radical (unpaired) electrons. The minimum absolute atomic E-state index is 0.0911. The molecular formula is C53H65BN2. The van der Waals surface area contributed by atoms with Crippen molar-refractivity contribution in [2.24, 2.45) is 11.8 Å². The van der Waals surface area contributed by atoms with Crippen molar-refractivity contribution < 1.29 is 0 Å². The fraction of sp³-hybridized carbons (Fsp3) is 0.547. The highest BCUT2D eigenvalue weighted by molar-refractivity contribution is 7.00. The lowest BCUT2D eigenvalue weighted by atomic mass is 9.33. The van der Waals surface area contributed by atoms with Crippen LogP contribution in [0.5, 0.6) is 0 Å². The Hall–Kier alpha value is -3.46. The van der Waals surface area contributed by atoms with Crippen LogP contribution in [0.15, 0.2) is 72.8 Å². The molecule has 290 valence electrons. The van der Waals surface area contributed by atoms with Gasteiger partial charge in [0.1, 0.15) is 0 Å². The molecule has 3 atom stereocenters. The van der Waals surface area contributed by atoms with Crippen molar-refractivity contribution in [1.29, 1.82) is 0 Å². The van der Waals surface area contributed by atoms with Crippen LogP contribution in [0.25, 0.3) is 0 Å². The van der Waals surface area contributed by atoms with Crippen LogP contribution in [-0.4, -0.2) is 12.8 Å². The maximum absolute atomic E-state index is 2.97. The Balaban J connectivity index is 1.16. The van der Waals surface area contributed by atoms with E-state index in [0.29, 0.717) is 17.9 Å². The average molecular weight is 741 g/mol. The van der Waals surface area contributed by atoms with Gasteiger partial charge in [0.2, 0.25) is 0 Å². The summed E-state index contributed by atoms with van der Waals surface area (Å²) in [7, 11) is 0. The summed E-state index contributed by atoms with van der Waals surface area (Å²) in [4.78, 5) is 5.72. The third-order valence-corrected chi connectivity index (χ3v) is 16.4. The van der Waals surface area contributed by atoms with Crippen LogP contribution in [0.4, 0.5) is 28.4 Å². The highest BCUT2D eigenvalue weighted by Gasteiger charge is 2.49. The van der Waals surface area contributed by atoms with Gasteiger partial charge < -0.3 is 9.80 Å². The molecule has 3 unspecified atom stereocenters. The summed E-state index contributed by atoms with van der Waals surface area (Å²) in [5.74, 6) is 3.76. The summed E-state index contributed by atoms with van der Waals surface area (Å²) >= 11 is 0. The van der Waals surface area contributed by atoms with Crippen LogP contribution in [0.1, 0.15) is 183 Å². The van der Waals surface area contributed by atoms with Gasteiger partial charge >= 0.3 is 0 Å². The minimum atomic E-state index is 0.0911. The van der Waals surface area contributed by atoms with E-state index >= 15 is 0 Å². The van der Waals surface area contributed by atoms with Crippen LogP contribution in [0.2, 0.25) is 0 Å². The Bertz CT molecular complexity index is 2090. The maximum atomic E-state index is 2.97. The van der Waals surface area contributed by atoms with Gasteiger partial charge in [0.15, 0.2) is 0 Å². The third-order valence-electron chi connectivity index (χ3n) is 16.4. The molecule has 5 aliphatic carbocycles. The summed E-state index contributed by atoms with van der Waals surface area (Å²) in [6, 6.07) is 31.7. The predicted molar refractivity (Wildman–Crippen MR) is 240 cm³/mol. The lowest BCUT2D eigenvalue weighted by Crippen LogP contribution is -2.63. The molecule has 5 fully saturated rings. The molecule has 2 bridgehead atoms. The molecule has 4 aromatic carbocycles. The van der Waals surface area contributed by atoms with E-state index < -0.39 is 0 Å². The molecule has 2 aliphatic heterocycles. The quantitative estimate of drug-likeness (QED) is 0.166. The zero-order chi connectivity index (χ0) is 37.5. The van der Waals surface area contributed by atoms with Gasteiger partial charge in [-0.25, -0.2) is 0 Å². The van der Waals surface area contributed by atoms with Crippen molar-refractivity contribution >= 4 is 51.5 Å². The summed E-state index contributed by atoms with van der Waals surface area (Å²) < 4.78 is 0. The lowest BCUT2D eigenvalue weighted by molar-refractivity contribution is 0.413. The van der Waals surface area contributed by atoms with Gasteiger partial charge in [0.25, 0.3) is 6.71 Å². The van der Waals surface area contributed by atoms with E-state index in [2.05, 4.69) is 103 Å². The lowest BCUT2D eigenvalue weighted by Gasteiger charge is -2.48. The zero-order valence-corrected chi connectivity index (χ0v) is 34.8. The summed E-state index contributed by atoms with van der Waals surface area (Å²) in [5.41, 5.74) is 18.3. The second-order valence-corrected chi connectivity index (χ2v) is 20.8. The summed E-state index contributed by atoms with van der Waals surface area (Å²) in [6.07, 6.45) is 26.1. The van der Waals surface area contributed by atoms with E-state index in [4.69, 9.17) is 0 Å². The number of benzene rings is 4. The minimum Gasteiger partial charge on any atom is -0.339 e. The molecule has 4 aromatic rings. The third kappa shape index (κ3) is 6.02. The highest BCUT2D eigenvalue weighted by Crippen LogP contribution is 2.52. The average Bonchev–Trinajstić information content (AvgIpc) is 3.88. The summed E-state index contributed by atoms with van der Waals surface area (Å²) in [5, 5.41) is 0. The van der Waals surface area contributed by atoms with Crippen molar-refractivity contribution in [3.8, 4) is 0 Å². The molecule has 0 saturated heterocycles. The van der Waals surface area contributed by atoms with Gasteiger partial charge in [-0.15, -0.1) is 0 Å². The van der Waals surface area contributed by atoms with E-state index in [-0.39, 0.29) is 12.1 Å². The number of anilines is 5. The second kappa shape index (κ2) is 14.1. The van der Waals surface area contributed by atoms with Gasteiger partial charge in [0.05, 0.1) is 0 Å². The number of hydrogen-bond acceptors (Lipinski definition) is 2. The molecule has 56 heavy (non-hydrogen) atoms. The standard InChI is InChI=1S/C53H65BN2/c1-53(2,3)43-24-28-48-46(34-43)54-45-31-40(37-15-9-5-10-16-37)23-27-47(45)55(44-25-21-39(22-26-44)36-13-7-4-8-14-36)50-32-42(38-17-11-6-12-18-38)33-51(52(50)54)56(48)49-30-35-19-20-41(49)29-35/h21-28,31-38,41,49H,4-20,29-30H2,1-3H3. The van der Waals surface area contributed by atoms with Crippen LogP contribution in [0, 0.1) is 11.8 Å². The molecule has 0 aromatic heterocycles. The number of fused-ring (bicyclic) bond motifs is 6. The maximum Gasteiger partial charge on any atom is 0.252 e. The van der Waals surface area contributed by atoms with Gasteiger partial charge in [0, 0.05) is 34.5 Å². The first kappa shape index (κ1) is 35.7. The smallest absolute Gasteiger partial charge is 0.252 e. The molecule has 5 saturated carbocycles. The Morgan fingerprint density at radius 1 is 0.500 bits per heavy atom. The molecule has 3 heteroatoms. The SMILES string of the molecule is CC(C)(C)c1ccc2c(c1)B1c3cc(C4CCCCC4)ccc3N(c3ccc(C4CCCCC4)cc3)c3cc(C4CCCCC4)cc(c31)N2C1CC2CCC1C2. The van der Waals surface area contributed by atoms with Gasteiger partial charge in [-0.3, -0.25) is 0 Å². The number of rotatable bonds is 5. The number of nitrogens with zero attached hydrogens (tertiary/aromatic N) is 2. The van der Waals surface area contributed by atoms with Gasteiger partial charge in [-0.2, -0.15) is 0 Å². The topological polar surface area (TPSA) is 6.48 Å². The van der Waals surface area contributed by atoms with Crippen molar-refractivity contribution in [1.82, 2.24) is 0 Å². The molecule has 0 N–H and O–H groups in total. The van der Waals surface area contributed by atoms with E-state index in [1.807, 2.05) is 0 Å². The van der Waals surface area contributed by atoms with Crippen LogP contribution in [-0.2, 0) is 5.41 Å². The normalized spacial score (nSPS) is 25.3. The zero-order valence-electron chi connectivity index (χ0n) is 34.8. The first-order valence-corrected chi connectivity index (χ1v) is 23.5. The Morgan fingerprint density at radius 3 is 1.71 bits per heavy atom. The monoisotopic (exact) mass is 741 g/mol. The Morgan fingerprint density at radius 2 is 1.09 bits per heavy atom. The van der Waals surface area contributed by atoms with Gasteiger partial charge in [-0.05, 0) is 168 Å². The van der Waals surface area contributed by atoms with Gasteiger partial charge in [-0.1, -0.05) is 121 Å². The molecule has 2 heterocycles. The van der Waals surface area contributed by atoms with E-state index in [0.717, 1.165) is 17.8 Å². The largest absolute Gasteiger partial charge is 0.339 e. The van der Waals surface area contributed by atoms with E-state index in [1.165, 1.54) is 150 Å². The molecular weight excluding hydrogens is 675 g/mol. The molecule has 2 nitrogen and oxygen atoms in total. The van der Waals surface area contributed by atoms with E-state index in [1.54, 1.807) is 38.8 Å². The molecule has 11 rings (SSSR count). The van der Waals surface area contributed by atoms with Crippen molar-refractivity contribution in [3.05, 3.63) is 95.1 Å². The van der Waals surface area contributed by atoms with Crippen LogP contribution < -0.4 is 26.2 Å². The highest BCUT2D eigenvalue weighted by atomic mass is 15.2. The molecule has 0 spiro atoms. The second-order valence-electron chi connectivity index (χ2n) is 20.8. The fourth-order valence-corrected chi connectivity index (χ4v) is 13.4. The summed E-state index contributed by atoms with van der Waals surface area (Å²) in [6.45, 7) is 7.48. The first-order valence-electron chi connectivity index (χ1n) is 23.5. The Kier molecular flexibility index (Phi) is 9.00. The molecule has 0 amide bonds. The van der Waals surface area contributed by atoms with Crippen molar-refractivity contribution in [2.75, 3.05) is 9.80 Å². The van der Waals surface area contributed by atoms with Crippen LogP contribution in [0.3, 0.4) is 0 Å². The van der Waals surface area contributed by atoms with Crippen molar-refractivity contribution in [3.63, 3.8) is 0 Å². The Labute approximate surface area is 338 Å². The first-order chi connectivity index (χ1) is 27.4. The molecule has 7 aliphatic rings. The number of hydrogen-bond donors (Lipinski definition) is 0. The fourth-order valence-electron chi connectivity index (χ4n) is 13.4.